The Bertz CT molecular complexity index is 283. The highest BCUT2D eigenvalue weighted by Gasteiger charge is 2.09. The first-order valence-electron chi connectivity index (χ1n) is 6.99. The SMILES string of the molecule is CC(C)CNC(=O)CCNC(=O)CCNC(C)(C)C. The third-order valence-electron chi connectivity index (χ3n) is 2.39. The number of amides is 2. The lowest BCUT2D eigenvalue weighted by Crippen LogP contribution is -2.39. The van der Waals surface area contributed by atoms with Crippen molar-refractivity contribution in [3.8, 4) is 0 Å². The molecule has 0 saturated carbocycles. The molecular weight excluding hydrogens is 242 g/mol. The molecule has 0 bridgehead atoms. The normalized spacial score (nSPS) is 11.5. The van der Waals surface area contributed by atoms with Crippen LogP contribution in [-0.4, -0.2) is 37.0 Å². The van der Waals surface area contributed by atoms with E-state index < -0.39 is 0 Å². The Morgan fingerprint density at radius 2 is 1.47 bits per heavy atom. The molecule has 0 spiro atoms. The van der Waals surface area contributed by atoms with Crippen LogP contribution in [0, 0.1) is 5.92 Å². The fourth-order valence-corrected chi connectivity index (χ4v) is 1.36. The van der Waals surface area contributed by atoms with E-state index in [4.69, 9.17) is 0 Å². The molecule has 0 aliphatic heterocycles. The van der Waals surface area contributed by atoms with Gasteiger partial charge < -0.3 is 16.0 Å². The predicted octanol–water partition coefficient (Wildman–Crippen LogP) is 1.04. The van der Waals surface area contributed by atoms with E-state index in [9.17, 15) is 9.59 Å². The van der Waals surface area contributed by atoms with Crippen molar-refractivity contribution in [3.05, 3.63) is 0 Å². The van der Waals surface area contributed by atoms with Gasteiger partial charge >= 0.3 is 0 Å². The summed E-state index contributed by atoms with van der Waals surface area (Å²) in [6, 6.07) is 0. The van der Waals surface area contributed by atoms with E-state index >= 15 is 0 Å². The first-order valence-corrected chi connectivity index (χ1v) is 6.99. The molecule has 5 nitrogen and oxygen atoms in total. The Morgan fingerprint density at radius 3 is 2.00 bits per heavy atom. The highest BCUT2D eigenvalue weighted by Crippen LogP contribution is 1.97. The molecule has 0 saturated heterocycles. The zero-order chi connectivity index (χ0) is 14.9. The van der Waals surface area contributed by atoms with E-state index in [1.54, 1.807) is 0 Å². The Labute approximate surface area is 116 Å². The van der Waals surface area contributed by atoms with Gasteiger partial charge in [-0.3, -0.25) is 9.59 Å². The molecule has 0 fully saturated rings. The number of hydrogen-bond donors (Lipinski definition) is 3. The van der Waals surface area contributed by atoms with E-state index in [2.05, 4.69) is 36.7 Å². The van der Waals surface area contributed by atoms with Crippen LogP contribution in [0.25, 0.3) is 0 Å². The molecule has 0 aliphatic carbocycles. The number of carbonyl (C=O) groups is 2. The zero-order valence-corrected chi connectivity index (χ0v) is 12.9. The standard InChI is InChI=1S/C14H29N3O2/c1-11(2)10-16-13(19)6-8-15-12(18)7-9-17-14(3,4)5/h11,17H,6-10H2,1-5H3,(H,15,18)(H,16,19). The van der Waals surface area contributed by atoms with Crippen molar-refractivity contribution in [3.63, 3.8) is 0 Å². The van der Waals surface area contributed by atoms with E-state index in [1.165, 1.54) is 0 Å². The lowest BCUT2D eigenvalue weighted by Gasteiger charge is -2.20. The average Bonchev–Trinajstić information content (AvgIpc) is 2.24. The van der Waals surface area contributed by atoms with Crippen LogP contribution in [0.5, 0.6) is 0 Å². The largest absolute Gasteiger partial charge is 0.356 e. The summed E-state index contributed by atoms with van der Waals surface area (Å²) < 4.78 is 0. The minimum atomic E-state index is -0.0200. The van der Waals surface area contributed by atoms with Gasteiger partial charge in [0.1, 0.15) is 0 Å². The van der Waals surface area contributed by atoms with E-state index in [1.807, 2.05) is 13.8 Å². The van der Waals surface area contributed by atoms with Crippen molar-refractivity contribution < 1.29 is 9.59 Å². The topological polar surface area (TPSA) is 70.2 Å². The maximum atomic E-state index is 11.5. The monoisotopic (exact) mass is 271 g/mol. The van der Waals surface area contributed by atoms with Crippen LogP contribution in [0.4, 0.5) is 0 Å². The van der Waals surface area contributed by atoms with Crippen LogP contribution in [0.1, 0.15) is 47.5 Å². The summed E-state index contributed by atoms with van der Waals surface area (Å²) in [5.74, 6) is 0.414. The van der Waals surface area contributed by atoms with Crippen molar-refractivity contribution in [2.75, 3.05) is 19.6 Å². The minimum absolute atomic E-state index is 0.0122. The number of hydrogen-bond acceptors (Lipinski definition) is 3. The quantitative estimate of drug-likeness (QED) is 0.618. The lowest BCUT2D eigenvalue weighted by molar-refractivity contribution is -0.122. The number of nitrogens with one attached hydrogen (secondary N) is 3. The highest BCUT2D eigenvalue weighted by atomic mass is 16.2. The molecule has 19 heavy (non-hydrogen) atoms. The van der Waals surface area contributed by atoms with Crippen LogP contribution in [-0.2, 0) is 9.59 Å². The van der Waals surface area contributed by atoms with Crippen molar-refractivity contribution in [2.45, 2.75) is 53.0 Å². The predicted molar refractivity (Wildman–Crippen MR) is 77.8 cm³/mol. The Hall–Kier alpha value is -1.10. The van der Waals surface area contributed by atoms with Crippen LogP contribution < -0.4 is 16.0 Å². The smallest absolute Gasteiger partial charge is 0.221 e. The Kier molecular flexibility index (Phi) is 8.39. The fraction of sp³-hybridized carbons (Fsp3) is 0.857. The van der Waals surface area contributed by atoms with Gasteiger partial charge in [0.25, 0.3) is 0 Å². The molecule has 3 N–H and O–H groups in total. The Morgan fingerprint density at radius 1 is 0.947 bits per heavy atom. The summed E-state index contributed by atoms with van der Waals surface area (Å²) in [5.41, 5.74) is 0.0248. The van der Waals surface area contributed by atoms with Gasteiger partial charge in [0.2, 0.25) is 11.8 Å². The molecule has 0 heterocycles. The summed E-state index contributed by atoms with van der Waals surface area (Å²) in [5, 5.41) is 8.81. The summed E-state index contributed by atoms with van der Waals surface area (Å²) in [7, 11) is 0. The van der Waals surface area contributed by atoms with Gasteiger partial charge in [-0.2, -0.15) is 0 Å². The van der Waals surface area contributed by atoms with Gasteiger partial charge in [-0.25, -0.2) is 0 Å². The van der Waals surface area contributed by atoms with E-state index in [0.29, 0.717) is 38.4 Å². The molecule has 0 unspecified atom stereocenters. The zero-order valence-electron chi connectivity index (χ0n) is 12.9. The van der Waals surface area contributed by atoms with Crippen LogP contribution in [0.15, 0.2) is 0 Å². The maximum absolute atomic E-state index is 11.5. The van der Waals surface area contributed by atoms with Gasteiger partial charge in [0, 0.05) is 38.0 Å². The summed E-state index contributed by atoms with van der Waals surface area (Å²) >= 11 is 0. The van der Waals surface area contributed by atoms with Gasteiger partial charge in [-0.1, -0.05) is 13.8 Å². The van der Waals surface area contributed by atoms with Crippen LogP contribution in [0.2, 0.25) is 0 Å². The van der Waals surface area contributed by atoms with Gasteiger partial charge in [0.15, 0.2) is 0 Å². The first-order chi connectivity index (χ1) is 8.70. The van der Waals surface area contributed by atoms with Crippen LogP contribution >= 0.6 is 0 Å². The Balaban J connectivity index is 3.55. The average molecular weight is 271 g/mol. The third kappa shape index (κ3) is 13.1. The van der Waals surface area contributed by atoms with Crippen molar-refractivity contribution >= 4 is 11.8 Å². The second-order valence-corrected chi connectivity index (χ2v) is 6.22. The second kappa shape index (κ2) is 8.91. The van der Waals surface area contributed by atoms with Gasteiger partial charge in [0.05, 0.1) is 0 Å². The molecule has 0 aliphatic rings. The molecule has 2 amide bonds. The third-order valence-corrected chi connectivity index (χ3v) is 2.39. The van der Waals surface area contributed by atoms with Crippen LogP contribution in [0.3, 0.4) is 0 Å². The number of rotatable bonds is 8. The summed E-state index contributed by atoms with van der Waals surface area (Å²) in [4.78, 5) is 22.9. The molecule has 0 aromatic carbocycles. The first kappa shape index (κ1) is 17.9. The van der Waals surface area contributed by atoms with Crippen molar-refractivity contribution in [1.82, 2.24) is 16.0 Å². The lowest BCUT2D eigenvalue weighted by atomic mass is 10.1. The second-order valence-electron chi connectivity index (χ2n) is 6.22. The number of carbonyl (C=O) groups excluding carboxylic acids is 2. The fourth-order valence-electron chi connectivity index (χ4n) is 1.36. The van der Waals surface area contributed by atoms with Crippen molar-refractivity contribution in [2.24, 2.45) is 5.92 Å². The van der Waals surface area contributed by atoms with E-state index in [0.717, 1.165) is 0 Å². The molecule has 5 heteroatoms. The molecule has 0 aromatic heterocycles. The van der Waals surface area contributed by atoms with E-state index in [-0.39, 0.29) is 17.4 Å². The van der Waals surface area contributed by atoms with Crippen molar-refractivity contribution in [1.29, 1.82) is 0 Å². The molecule has 112 valence electrons. The van der Waals surface area contributed by atoms with Gasteiger partial charge in [-0.05, 0) is 26.7 Å². The maximum Gasteiger partial charge on any atom is 0.221 e. The molecule has 0 aromatic rings. The molecule has 0 radical (unpaired) electrons. The summed E-state index contributed by atoms with van der Waals surface area (Å²) in [6.07, 6.45) is 0.774. The molecule has 0 atom stereocenters. The molecule has 0 rings (SSSR count). The minimum Gasteiger partial charge on any atom is -0.356 e. The molecular formula is C14H29N3O2. The summed E-state index contributed by atoms with van der Waals surface area (Å²) in [6.45, 7) is 12.0. The van der Waals surface area contributed by atoms with Gasteiger partial charge in [-0.15, -0.1) is 0 Å². The highest BCUT2D eigenvalue weighted by molar-refractivity contribution is 5.79.